The summed E-state index contributed by atoms with van der Waals surface area (Å²) in [6, 6.07) is 0. The highest BCUT2D eigenvalue weighted by Gasteiger charge is 2.17. The molecule has 0 radical (unpaired) electrons. The molecule has 23 heavy (non-hydrogen) atoms. The maximum absolute atomic E-state index is 12.0. The minimum absolute atomic E-state index is 0. The summed E-state index contributed by atoms with van der Waals surface area (Å²) in [6.07, 6.45) is 0. The van der Waals surface area contributed by atoms with Crippen molar-refractivity contribution in [3.63, 3.8) is 0 Å². The molecular weight excluding hydrogens is 409 g/mol. The van der Waals surface area contributed by atoms with Gasteiger partial charge in [-0.3, -0.25) is 9.79 Å². The third-order valence-corrected chi connectivity index (χ3v) is 3.06. The summed E-state index contributed by atoms with van der Waals surface area (Å²) in [5.41, 5.74) is -0.245. The van der Waals surface area contributed by atoms with Crippen LogP contribution in [0.15, 0.2) is 4.99 Å². The summed E-state index contributed by atoms with van der Waals surface area (Å²) in [4.78, 5) is 17.9. The van der Waals surface area contributed by atoms with E-state index in [1.54, 1.807) is 11.9 Å². The van der Waals surface area contributed by atoms with Gasteiger partial charge in [0, 0.05) is 26.7 Å². The van der Waals surface area contributed by atoms with Crippen LogP contribution in [-0.4, -0.2) is 57.7 Å². The Morgan fingerprint density at radius 2 is 1.96 bits per heavy atom. The normalized spacial score (nSPS) is 11.7. The SMILES string of the molecule is CN=C(NCc1nnc(C)n1C)N(C)CC(=O)NC(C)(C)C.I. The number of aliphatic imine (C=N–C) groups is 1. The Balaban J connectivity index is 0.00000484. The van der Waals surface area contributed by atoms with Gasteiger partial charge in [0.1, 0.15) is 5.82 Å². The summed E-state index contributed by atoms with van der Waals surface area (Å²) < 4.78 is 1.91. The molecule has 0 spiro atoms. The lowest BCUT2D eigenvalue weighted by atomic mass is 10.1. The van der Waals surface area contributed by atoms with Crippen molar-refractivity contribution in [2.75, 3.05) is 20.6 Å². The van der Waals surface area contributed by atoms with E-state index in [9.17, 15) is 4.79 Å². The number of nitrogens with zero attached hydrogens (tertiary/aromatic N) is 5. The number of carbonyl (C=O) groups is 1. The maximum atomic E-state index is 12.0. The predicted molar refractivity (Wildman–Crippen MR) is 102 cm³/mol. The topological polar surface area (TPSA) is 87.4 Å². The lowest BCUT2D eigenvalue weighted by Crippen LogP contribution is -2.48. The molecule has 9 heteroatoms. The van der Waals surface area contributed by atoms with Gasteiger partial charge < -0.3 is 20.1 Å². The molecule has 0 saturated carbocycles. The molecule has 1 heterocycles. The van der Waals surface area contributed by atoms with Gasteiger partial charge in [-0.15, -0.1) is 34.2 Å². The first-order valence-corrected chi connectivity index (χ1v) is 7.21. The number of carbonyl (C=O) groups excluding carboxylic acids is 1. The highest BCUT2D eigenvalue weighted by Crippen LogP contribution is 1.99. The van der Waals surface area contributed by atoms with E-state index >= 15 is 0 Å². The molecule has 0 aliphatic carbocycles. The van der Waals surface area contributed by atoms with Crippen molar-refractivity contribution in [2.45, 2.75) is 39.8 Å². The molecule has 132 valence electrons. The second kappa shape index (κ2) is 9.04. The van der Waals surface area contributed by atoms with E-state index < -0.39 is 0 Å². The fourth-order valence-corrected chi connectivity index (χ4v) is 1.90. The van der Waals surface area contributed by atoms with Crippen LogP contribution in [0.3, 0.4) is 0 Å². The van der Waals surface area contributed by atoms with Crippen molar-refractivity contribution < 1.29 is 4.79 Å². The second-order valence-corrected chi connectivity index (χ2v) is 6.28. The zero-order valence-electron chi connectivity index (χ0n) is 15.0. The van der Waals surface area contributed by atoms with Crippen LogP contribution in [-0.2, 0) is 18.4 Å². The number of nitrogens with one attached hydrogen (secondary N) is 2. The van der Waals surface area contributed by atoms with Gasteiger partial charge >= 0.3 is 0 Å². The van der Waals surface area contributed by atoms with Crippen LogP contribution in [0.2, 0.25) is 0 Å². The molecule has 1 aromatic heterocycles. The first-order chi connectivity index (χ1) is 10.1. The Kier molecular flexibility index (Phi) is 8.49. The minimum Gasteiger partial charge on any atom is -0.350 e. The monoisotopic (exact) mass is 437 g/mol. The molecule has 0 bridgehead atoms. The number of aromatic nitrogens is 3. The standard InChI is InChI=1S/C14H27N7O.HI/c1-10-18-19-11(21(10)7)8-16-13(15-5)20(6)9-12(22)17-14(2,3)4;/h8-9H2,1-7H3,(H,15,16)(H,17,22);1H. The highest BCUT2D eigenvalue weighted by molar-refractivity contribution is 14.0. The molecular formula is C14H28IN7O. The molecule has 0 saturated heterocycles. The third-order valence-electron chi connectivity index (χ3n) is 3.06. The Morgan fingerprint density at radius 3 is 2.39 bits per heavy atom. The number of rotatable bonds is 4. The maximum Gasteiger partial charge on any atom is 0.240 e. The molecule has 1 rings (SSSR count). The average Bonchev–Trinajstić information content (AvgIpc) is 2.68. The summed E-state index contributed by atoms with van der Waals surface area (Å²) in [5, 5.41) is 14.2. The molecule has 8 nitrogen and oxygen atoms in total. The molecule has 0 unspecified atom stereocenters. The predicted octanol–water partition coefficient (Wildman–Crippen LogP) is 0.663. The molecule has 0 aliphatic heterocycles. The smallest absolute Gasteiger partial charge is 0.240 e. The fourth-order valence-electron chi connectivity index (χ4n) is 1.90. The third kappa shape index (κ3) is 7.14. The summed E-state index contributed by atoms with van der Waals surface area (Å²) in [6.45, 7) is 8.48. The van der Waals surface area contributed by atoms with E-state index in [2.05, 4.69) is 25.8 Å². The van der Waals surface area contributed by atoms with Crippen molar-refractivity contribution in [3.05, 3.63) is 11.6 Å². The zero-order chi connectivity index (χ0) is 16.9. The van der Waals surface area contributed by atoms with Crippen LogP contribution >= 0.6 is 24.0 Å². The van der Waals surface area contributed by atoms with Gasteiger partial charge in [0.25, 0.3) is 0 Å². The second-order valence-electron chi connectivity index (χ2n) is 6.28. The van der Waals surface area contributed by atoms with Crippen molar-refractivity contribution in [2.24, 2.45) is 12.0 Å². The fraction of sp³-hybridized carbons (Fsp3) is 0.714. The van der Waals surface area contributed by atoms with E-state index in [0.717, 1.165) is 11.6 Å². The van der Waals surface area contributed by atoms with Crippen molar-refractivity contribution in [1.29, 1.82) is 0 Å². The molecule has 1 aromatic rings. The number of halogens is 1. The van der Waals surface area contributed by atoms with E-state index in [-0.39, 0.29) is 42.0 Å². The van der Waals surface area contributed by atoms with Crippen molar-refractivity contribution in [3.8, 4) is 0 Å². The van der Waals surface area contributed by atoms with Crippen LogP contribution < -0.4 is 10.6 Å². The van der Waals surface area contributed by atoms with Gasteiger partial charge in [-0.25, -0.2) is 0 Å². The van der Waals surface area contributed by atoms with Gasteiger partial charge in [-0.2, -0.15) is 0 Å². The average molecular weight is 437 g/mol. The Morgan fingerprint density at radius 1 is 1.35 bits per heavy atom. The number of aryl methyl sites for hydroxylation is 1. The zero-order valence-corrected chi connectivity index (χ0v) is 17.3. The summed E-state index contributed by atoms with van der Waals surface area (Å²) in [5.74, 6) is 2.24. The molecule has 2 N–H and O–H groups in total. The number of hydrogen-bond acceptors (Lipinski definition) is 4. The minimum atomic E-state index is -0.245. The van der Waals surface area contributed by atoms with Gasteiger partial charge in [0.15, 0.2) is 11.8 Å². The van der Waals surface area contributed by atoms with Gasteiger partial charge in [-0.1, -0.05) is 0 Å². The van der Waals surface area contributed by atoms with E-state index in [4.69, 9.17) is 0 Å². The molecule has 1 amide bonds. The van der Waals surface area contributed by atoms with Crippen molar-refractivity contribution >= 4 is 35.8 Å². The number of likely N-dealkylation sites (N-methyl/N-ethyl adjacent to an activating group) is 1. The molecule has 0 atom stereocenters. The quantitative estimate of drug-likeness (QED) is 0.411. The Hall–Kier alpha value is -1.39. The Bertz CT molecular complexity index is 548. The highest BCUT2D eigenvalue weighted by atomic mass is 127. The van der Waals surface area contributed by atoms with Crippen LogP contribution in [0.5, 0.6) is 0 Å². The van der Waals surface area contributed by atoms with Gasteiger partial charge in [0.05, 0.1) is 13.1 Å². The van der Waals surface area contributed by atoms with E-state index in [1.165, 1.54) is 0 Å². The lowest BCUT2D eigenvalue weighted by molar-refractivity contribution is -0.122. The van der Waals surface area contributed by atoms with E-state index in [0.29, 0.717) is 12.5 Å². The largest absolute Gasteiger partial charge is 0.350 e. The number of amides is 1. The van der Waals surface area contributed by atoms with Crippen LogP contribution in [0.4, 0.5) is 0 Å². The van der Waals surface area contributed by atoms with Crippen LogP contribution in [0.25, 0.3) is 0 Å². The van der Waals surface area contributed by atoms with Gasteiger partial charge in [0.2, 0.25) is 5.91 Å². The number of hydrogen-bond donors (Lipinski definition) is 2. The van der Waals surface area contributed by atoms with Crippen molar-refractivity contribution in [1.82, 2.24) is 30.3 Å². The number of guanidine groups is 1. The molecule has 0 aromatic carbocycles. The van der Waals surface area contributed by atoms with Gasteiger partial charge in [-0.05, 0) is 27.7 Å². The van der Waals surface area contributed by atoms with Crippen LogP contribution in [0.1, 0.15) is 32.4 Å². The van der Waals surface area contributed by atoms with Crippen LogP contribution in [0, 0.1) is 6.92 Å². The molecule has 0 aliphatic rings. The van der Waals surface area contributed by atoms with E-state index in [1.807, 2.05) is 46.4 Å². The lowest BCUT2D eigenvalue weighted by Gasteiger charge is -2.25. The Labute approximate surface area is 155 Å². The summed E-state index contributed by atoms with van der Waals surface area (Å²) >= 11 is 0. The summed E-state index contributed by atoms with van der Waals surface area (Å²) in [7, 11) is 5.41. The first kappa shape index (κ1) is 21.6. The first-order valence-electron chi connectivity index (χ1n) is 7.21. The molecule has 0 fully saturated rings.